The topological polar surface area (TPSA) is 69.6 Å². The number of hydrogen-bond donors (Lipinski definition) is 3. The number of aliphatic hydroxyl groups excluding tert-OH is 2. The SMILES string of the molecule is CCCCCCCCCC/C=C\CCCCCCCCCCCCCCCC(=O)NC(CO)C(O)/C=C/CC/C=C/CC/C=C/CCCCCCCCCCCCCCCCCCCCCCC. The highest BCUT2D eigenvalue weighted by Crippen LogP contribution is 2.17. The van der Waals surface area contributed by atoms with E-state index in [4.69, 9.17) is 0 Å². The van der Waals surface area contributed by atoms with E-state index in [-0.39, 0.29) is 12.5 Å². The van der Waals surface area contributed by atoms with Gasteiger partial charge in [0.15, 0.2) is 0 Å². The minimum Gasteiger partial charge on any atom is -0.394 e. The van der Waals surface area contributed by atoms with E-state index in [1.807, 2.05) is 6.08 Å². The first-order chi connectivity index (χ1) is 33.7. The third-order valence-corrected chi connectivity index (χ3v) is 14.3. The van der Waals surface area contributed by atoms with E-state index in [0.29, 0.717) is 6.42 Å². The van der Waals surface area contributed by atoms with Gasteiger partial charge in [-0.1, -0.05) is 306 Å². The number of hydrogen-bond acceptors (Lipinski definition) is 3. The van der Waals surface area contributed by atoms with E-state index in [1.54, 1.807) is 6.08 Å². The molecule has 0 saturated heterocycles. The van der Waals surface area contributed by atoms with E-state index in [0.717, 1.165) is 38.5 Å². The van der Waals surface area contributed by atoms with Crippen LogP contribution in [-0.2, 0) is 4.79 Å². The summed E-state index contributed by atoms with van der Waals surface area (Å²) in [6.07, 6.45) is 83.1. The standard InChI is InChI=1S/C64H121NO3/c1-3-5-7-9-11-13-15-17-19-21-23-25-27-29-30-31-32-33-34-36-37-39-41-43-45-47-49-51-53-55-57-59-63(67)62(61-66)65-64(68)60-58-56-54-52-50-48-46-44-42-40-38-35-28-26-24-22-20-18-16-14-12-10-8-6-4-2/h22,24,41,43,49,51,57,59,62-63,66-67H,3-21,23,25-40,42,44-48,50,52-56,58,60-61H2,1-2H3,(H,65,68)/b24-22-,43-41+,51-49+,59-57+. The number of nitrogens with one attached hydrogen (secondary N) is 1. The maximum atomic E-state index is 12.5. The van der Waals surface area contributed by atoms with E-state index in [2.05, 4.69) is 55.6 Å². The fraction of sp³-hybridized carbons (Fsp3) is 0.859. The maximum Gasteiger partial charge on any atom is 0.220 e. The fourth-order valence-corrected chi connectivity index (χ4v) is 9.56. The second-order valence-electron chi connectivity index (χ2n) is 21.1. The van der Waals surface area contributed by atoms with E-state index < -0.39 is 12.1 Å². The van der Waals surface area contributed by atoms with Crippen molar-refractivity contribution in [2.24, 2.45) is 0 Å². The van der Waals surface area contributed by atoms with Gasteiger partial charge in [-0.3, -0.25) is 4.79 Å². The number of carbonyl (C=O) groups is 1. The van der Waals surface area contributed by atoms with Crippen molar-refractivity contribution in [3.8, 4) is 0 Å². The smallest absolute Gasteiger partial charge is 0.220 e. The van der Waals surface area contributed by atoms with Crippen molar-refractivity contribution in [1.29, 1.82) is 0 Å². The van der Waals surface area contributed by atoms with Crippen LogP contribution in [0.15, 0.2) is 48.6 Å². The lowest BCUT2D eigenvalue weighted by Gasteiger charge is -2.19. The molecule has 0 aliphatic rings. The van der Waals surface area contributed by atoms with Crippen LogP contribution in [0.25, 0.3) is 0 Å². The van der Waals surface area contributed by atoms with Crippen LogP contribution < -0.4 is 5.32 Å². The van der Waals surface area contributed by atoms with Gasteiger partial charge in [0.25, 0.3) is 0 Å². The monoisotopic (exact) mass is 952 g/mol. The Kier molecular flexibility index (Phi) is 58.2. The summed E-state index contributed by atoms with van der Waals surface area (Å²) in [7, 11) is 0. The van der Waals surface area contributed by atoms with E-state index in [9.17, 15) is 15.0 Å². The summed E-state index contributed by atoms with van der Waals surface area (Å²) in [5.74, 6) is -0.0741. The lowest BCUT2D eigenvalue weighted by molar-refractivity contribution is -0.123. The van der Waals surface area contributed by atoms with Crippen LogP contribution in [0, 0.1) is 0 Å². The Morgan fingerprint density at radius 3 is 0.853 bits per heavy atom. The number of amides is 1. The van der Waals surface area contributed by atoms with Crippen LogP contribution >= 0.6 is 0 Å². The normalized spacial score (nSPS) is 13.1. The molecule has 1 amide bonds. The van der Waals surface area contributed by atoms with Crippen LogP contribution in [0.5, 0.6) is 0 Å². The summed E-state index contributed by atoms with van der Waals surface area (Å²) in [6, 6.07) is -0.647. The third kappa shape index (κ3) is 55.3. The van der Waals surface area contributed by atoms with E-state index >= 15 is 0 Å². The third-order valence-electron chi connectivity index (χ3n) is 14.3. The minimum absolute atomic E-state index is 0.0741. The maximum absolute atomic E-state index is 12.5. The minimum atomic E-state index is -0.872. The van der Waals surface area contributed by atoms with Crippen molar-refractivity contribution in [2.75, 3.05) is 6.61 Å². The molecule has 0 aliphatic heterocycles. The Morgan fingerprint density at radius 1 is 0.338 bits per heavy atom. The first kappa shape index (κ1) is 66.3. The molecule has 68 heavy (non-hydrogen) atoms. The zero-order valence-electron chi connectivity index (χ0n) is 46.1. The molecule has 0 fully saturated rings. The summed E-state index contributed by atoms with van der Waals surface area (Å²) >= 11 is 0. The summed E-state index contributed by atoms with van der Waals surface area (Å²) < 4.78 is 0. The van der Waals surface area contributed by atoms with Gasteiger partial charge in [0.2, 0.25) is 5.91 Å². The quantitative estimate of drug-likeness (QED) is 0.0420. The van der Waals surface area contributed by atoms with Crippen LogP contribution in [0.2, 0.25) is 0 Å². The number of carbonyl (C=O) groups excluding carboxylic acids is 1. The molecule has 0 radical (unpaired) electrons. The van der Waals surface area contributed by atoms with Crippen molar-refractivity contribution in [2.45, 2.75) is 347 Å². The second kappa shape index (κ2) is 59.7. The van der Waals surface area contributed by atoms with Crippen LogP contribution in [0.4, 0.5) is 0 Å². The summed E-state index contributed by atoms with van der Waals surface area (Å²) in [4.78, 5) is 12.5. The molecule has 0 heterocycles. The molecular weight excluding hydrogens is 831 g/mol. The first-order valence-corrected chi connectivity index (χ1v) is 30.9. The molecule has 400 valence electrons. The molecule has 0 aliphatic carbocycles. The van der Waals surface area contributed by atoms with Gasteiger partial charge < -0.3 is 15.5 Å². The lowest BCUT2D eigenvalue weighted by atomic mass is 10.0. The molecule has 0 aromatic rings. The largest absolute Gasteiger partial charge is 0.394 e. The van der Waals surface area contributed by atoms with Gasteiger partial charge in [-0.25, -0.2) is 0 Å². The number of rotatable bonds is 57. The van der Waals surface area contributed by atoms with Gasteiger partial charge in [0, 0.05) is 6.42 Å². The van der Waals surface area contributed by atoms with Gasteiger partial charge >= 0.3 is 0 Å². The predicted octanol–water partition coefficient (Wildman–Crippen LogP) is 20.6. The van der Waals surface area contributed by atoms with Gasteiger partial charge in [-0.05, 0) is 70.6 Å². The molecule has 0 rings (SSSR count). The molecule has 0 aromatic carbocycles. The number of unbranched alkanes of at least 4 members (excludes halogenated alkanes) is 44. The fourth-order valence-electron chi connectivity index (χ4n) is 9.56. The molecule has 0 bridgehead atoms. The Bertz CT molecular complexity index is 1080. The average Bonchev–Trinajstić information content (AvgIpc) is 3.34. The Balaban J connectivity index is 3.52. The van der Waals surface area contributed by atoms with Gasteiger partial charge in [0.05, 0.1) is 18.8 Å². The van der Waals surface area contributed by atoms with Gasteiger partial charge in [-0.15, -0.1) is 0 Å². The molecule has 3 N–H and O–H groups in total. The van der Waals surface area contributed by atoms with Crippen LogP contribution in [-0.4, -0.2) is 34.9 Å². The lowest BCUT2D eigenvalue weighted by Crippen LogP contribution is -2.45. The average molecular weight is 953 g/mol. The Hall–Kier alpha value is -1.65. The predicted molar refractivity (Wildman–Crippen MR) is 304 cm³/mol. The van der Waals surface area contributed by atoms with Crippen molar-refractivity contribution in [3.63, 3.8) is 0 Å². The molecule has 2 atom stereocenters. The molecule has 0 saturated carbocycles. The van der Waals surface area contributed by atoms with Crippen LogP contribution in [0.1, 0.15) is 335 Å². The number of allylic oxidation sites excluding steroid dienone is 7. The van der Waals surface area contributed by atoms with Gasteiger partial charge in [-0.2, -0.15) is 0 Å². The second-order valence-corrected chi connectivity index (χ2v) is 21.1. The Morgan fingerprint density at radius 2 is 0.574 bits per heavy atom. The highest BCUT2D eigenvalue weighted by molar-refractivity contribution is 5.76. The zero-order chi connectivity index (χ0) is 49.2. The highest BCUT2D eigenvalue weighted by atomic mass is 16.3. The summed E-state index contributed by atoms with van der Waals surface area (Å²) in [5.41, 5.74) is 0. The summed E-state index contributed by atoms with van der Waals surface area (Å²) in [6.45, 7) is 4.33. The highest BCUT2D eigenvalue weighted by Gasteiger charge is 2.18. The first-order valence-electron chi connectivity index (χ1n) is 30.9. The van der Waals surface area contributed by atoms with Crippen molar-refractivity contribution < 1.29 is 15.0 Å². The zero-order valence-corrected chi connectivity index (χ0v) is 46.1. The van der Waals surface area contributed by atoms with Crippen molar-refractivity contribution in [3.05, 3.63) is 48.6 Å². The van der Waals surface area contributed by atoms with Crippen molar-refractivity contribution in [1.82, 2.24) is 5.32 Å². The molecule has 2 unspecified atom stereocenters. The molecule has 0 spiro atoms. The number of aliphatic hydroxyl groups is 2. The molecular formula is C64H121NO3. The Labute approximate surface area is 426 Å². The summed E-state index contributed by atoms with van der Waals surface area (Å²) in [5, 5.41) is 23.2. The molecule has 0 aromatic heterocycles. The molecule has 4 nitrogen and oxygen atoms in total. The van der Waals surface area contributed by atoms with Gasteiger partial charge in [0.1, 0.15) is 0 Å². The molecule has 4 heteroatoms. The van der Waals surface area contributed by atoms with Crippen LogP contribution in [0.3, 0.4) is 0 Å². The van der Waals surface area contributed by atoms with Crippen molar-refractivity contribution >= 4 is 5.91 Å². The van der Waals surface area contributed by atoms with E-state index in [1.165, 1.54) is 276 Å².